The van der Waals surface area contributed by atoms with Gasteiger partial charge in [0.2, 0.25) is 5.91 Å². The number of benzene rings is 1. The van der Waals surface area contributed by atoms with Gasteiger partial charge in [-0.2, -0.15) is 0 Å². The van der Waals surface area contributed by atoms with Crippen LogP contribution in [-0.4, -0.2) is 24.0 Å². The zero-order valence-corrected chi connectivity index (χ0v) is 12.9. The third-order valence-electron chi connectivity index (χ3n) is 4.87. The van der Waals surface area contributed by atoms with Gasteiger partial charge in [0.05, 0.1) is 15.2 Å². The van der Waals surface area contributed by atoms with Gasteiger partial charge in [0, 0.05) is 11.6 Å². The first-order chi connectivity index (χ1) is 10.2. The van der Waals surface area contributed by atoms with Gasteiger partial charge in [0.1, 0.15) is 0 Å². The van der Waals surface area contributed by atoms with Crippen LogP contribution in [0.2, 0.25) is 0 Å². The maximum atomic E-state index is 12.4. The fourth-order valence-electron chi connectivity index (χ4n) is 3.55. The lowest BCUT2D eigenvalue weighted by molar-refractivity contribution is -0.118. The van der Waals surface area contributed by atoms with Crippen LogP contribution in [0, 0.1) is 18.3 Å². The van der Waals surface area contributed by atoms with Gasteiger partial charge in [-0.25, -0.2) is 4.98 Å². The number of carbonyl (C=O) groups excluding carboxylic acids is 1. The number of rotatable bonds is 2. The molecule has 4 nitrogen and oxygen atoms in total. The molecule has 1 aromatic carbocycles. The molecule has 5 heteroatoms. The summed E-state index contributed by atoms with van der Waals surface area (Å²) in [5, 5.41) is 7.51. The third kappa shape index (κ3) is 2.34. The summed E-state index contributed by atoms with van der Waals surface area (Å²) in [7, 11) is 0. The zero-order chi connectivity index (χ0) is 14.4. The van der Waals surface area contributed by atoms with Crippen molar-refractivity contribution < 1.29 is 4.79 Å². The minimum Gasteiger partial charge on any atom is -0.326 e. The molecular formula is C16H19N3OS. The highest BCUT2D eigenvalue weighted by atomic mass is 32.1. The van der Waals surface area contributed by atoms with Crippen molar-refractivity contribution in [2.75, 3.05) is 18.4 Å². The number of nitrogens with one attached hydrogen (secondary N) is 2. The van der Waals surface area contributed by atoms with Crippen LogP contribution in [0.3, 0.4) is 0 Å². The van der Waals surface area contributed by atoms with Gasteiger partial charge < -0.3 is 10.6 Å². The largest absolute Gasteiger partial charge is 0.326 e. The van der Waals surface area contributed by atoms with E-state index in [1.165, 1.54) is 4.70 Å². The number of nitrogens with zero attached hydrogens (tertiary/aromatic N) is 1. The molecule has 0 unspecified atom stereocenters. The van der Waals surface area contributed by atoms with Crippen LogP contribution in [0.25, 0.3) is 10.2 Å². The van der Waals surface area contributed by atoms with Crippen LogP contribution < -0.4 is 10.6 Å². The Morgan fingerprint density at radius 2 is 2.24 bits per heavy atom. The number of amides is 1. The van der Waals surface area contributed by atoms with E-state index in [4.69, 9.17) is 0 Å². The van der Waals surface area contributed by atoms with E-state index in [0.717, 1.165) is 48.6 Å². The van der Waals surface area contributed by atoms with E-state index in [9.17, 15) is 4.79 Å². The predicted molar refractivity (Wildman–Crippen MR) is 85.6 cm³/mol. The van der Waals surface area contributed by atoms with Gasteiger partial charge in [-0.15, -0.1) is 11.3 Å². The van der Waals surface area contributed by atoms with Crippen molar-refractivity contribution in [3.8, 4) is 0 Å². The molecule has 2 aromatic rings. The Morgan fingerprint density at radius 1 is 1.43 bits per heavy atom. The maximum absolute atomic E-state index is 12.4. The monoisotopic (exact) mass is 301 g/mol. The van der Waals surface area contributed by atoms with E-state index in [2.05, 4.69) is 15.6 Å². The second kappa shape index (κ2) is 4.78. The minimum atomic E-state index is 0.184. The standard InChI is InChI=1S/C16H19N3OS/c1-10-18-13-8-11(2-3-14(13)21-10)19-15(20)12-9-16(12)4-6-17-7-5-16/h2-3,8,12,17H,4-7,9H2,1H3,(H,19,20)/t12-/m0/s1. The summed E-state index contributed by atoms with van der Waals surface area (Å²) in [5.74, 6) is 0.385. The van der Waals surface area contributed by atoms with E-state index in [-0.39, 0.29) is 17.2 Å². The summed E-state index contributed by atoms with van der Waals surface area (Å²) in [5.41, 5.74) is 2.13. The Bertz CT molecular complexity index is 703. The van der Waals surface area contributed by atoms with Gasteiger partial charge in [0.15, 0.2) is 0 Å². The van der Waals surface area contributed by atoms with Crippen molar-refractivity contribution >= 4 is 33.1 Å². The summed E-state index contributed by atoms with van der Waals surface area (Å²) in [6.07, 6.45) is 3.32. The number of piperidine rings is 1. The molecule has 21 heavy (non-hydrogen) atoms. The fraction of sp³-hybridized carbons (Fsp3) is 0.500. The summed E-state index contributed by atoms with van der Waals surface area (Å²) < 4.78 is 1.17. The fourth-order valence-corrected chi connectivity index (χ4v) is 4.35. The Labute approximate surface area is 128 Å². The molecule has 1 atom stereocenters. The number of aromatic nitrogens is 1. The molecule has 1 aliphatic heterocycles. The van der Waals surface area contributed by atoms with E-state index in [1.54, 1.807) is 11.3 Å². The van der Waals surface area contributed by atoms with Crippen LogP contribution >= 0.6 is 11.3 Å². The quantitative estimate of drug-likeness (QED) is 0.896. The summed E-state index contributed by atoms with van der Waals surface area (Å²) in [6.45, 7) is 4.11. The van der Waals surface area contributed by atoms with Crippen LogP contribution in [0.15, 0.2) is 18.2 Å². The van der Waals surface area contributed by atoms with Crippen molar-refractivity contribution in [2.24, 2.45) is 11.3 Å². The molecular weight excluding hydrogens is 282 g/mol. The summed E-state index contributed by atoms with van der Waals surface area (Å²) >= 11 is 1.69. The van der Waals surface area contributed by atoms with Crippen molar-refractivity contribution in [2.45, 2.75) is 26.2 Å². The molecule has 0 bridgehead atoms. The molecule has 0 radical (unpaired) electrons. The maximum Gasteiger partial charge on any atom is 0.228 e. The Hall–Kier alpha value is -1.46. The van der Waals surface area contributed by atoms with Crippen molar-refractivity contribution in [1.29, 1.82) is 0 Å². The lowest BCUT2D eigenvalue weighted by Gasteiger charge is -2.23. The number of aryl methyl sites for hydroxylation is 1. The first kappa shape index (κ1) is 13.2. The normalized spacial score (nSPS) is 23.4. The Morgan fingerprint density at radius 3 is 3.05 bits per heavy atom. The Balaban J connectivity index is 1.48. The van der Waals surface area contributed by atoms with Crippen LogP contribution in [0.5, 0.6) is 0 Å². The molecule has 110 valence electrons. The first-order valence-corrected chi connectivity index (χ1v) is 8.37. The van der Waals surface area contributed by atoms with Gasteiger partial charge in [-0.3, -0.25) is 4.79 Å². The molecule has 1 spiro atoms. The average Bonchev–Trinajstić information content (AvgIpc) is 3.02. The summed E-state index contributed by atoms with van der Waals surface area (Å²) in [4.78, 5) is 16.9. The van der Waals surface area contributed by atoms with E-state index >= 15 is 0 Å². The molecule has 1 saturated carbocycles. The smallest absolute Gasteiger partial charge is 0.228 e. The first-order valence-electron chi connectivity index (χ1n) is 7.55. The zero-order valence-electron chi connectivity index (χ0n) is 12.1. The number of hydrogen-bond donors (Lipinski definition) is 2. The lowest BCUT2D eigenvalue weighted by Crippen LogP contribution is -2.31. The lowest BCUT2D eigenvalue weighted by atomic mass is 9.92. The topological polar surface area (TPSA) is 54.0 Å². The highest BCUT2D eigenvalue weighted by Crippen LogP contribution is 2.58. The molecule has 2 heterocycles. The molecule has 2 fully saturated rings. The number of fused-ring (bicyclic) bond motifs is 1. The third-order valence-corrected chi connectivity index (χ3v) is 5.82. The van der Waals surface area contributed by atoms with E-state index < -0.39 is 0 Å². The minimum absolute atomic E-state index is 0.184. The average molecular weight is 301 g/mol. The van der Waals surface area contributed by atoms with Crippen molar-refractivity contribution in [3.05, 3.63) is 23.2 Å². The van der Waals surface area contributed by atoms with E-state index in [0.29, 0.717) is 0 Å². The second-order valence-electron chi connectivity index (χ2n) is 6.27. The van der Waals surface area contributed by atoms with Crippen LogP contribution in [0.4, 0.5) is 5.69 Å². The number of thiazole rings is 1. The number of carbonyl (C=O) groups is 1. The van der Waals surface area contributed by atoms with Gasteiger partial charge in [-0.1, -0.05) is 0 Å². The van der Waals surface area contributed by atoms with Gasteiger partial charge >= 0.3 is 0 Å². The van der Waals surface area contributed by atoms with Crippen LogP contribution in [-0.2, 0) is 4.79 Å². The molecule has 1 aliphatic carbocycles. The highest BCUT2D eigenvalue weighted by Gasteiger charge is 2.57. The highest BCUT2D eigenvalue weighted by molar-refractivity contribution is 7.18. The molecule has 2 N–H and O–H groups in total. The molecule has 1 saturated heterocycles. The Kier molecular flexibility index (Phi) is 3.01. The van der Waals surface area contributed by atoms with Gasteiger partial charge in [-0.05, 0) is 62.9 Å². The van der Waals surface area contributed by atoms with Crippen molar-refractivity contribution in [3.63, 3.8) is 0 Å². The molecule has 1 aromatic heterocycles. The van der Waals surface area contributed by atoms with Crippen LogP contribution in [0.1, 0.15) is 24.3 Å². The molecule has 4 rings (SSSR count). The number of anilines is 1. The predicted octanol–water partition coefficient (Wildman–Crippen LogP) is 2.93. The molecule has 2 aliphatic rings. The summed E-state index contributed by atoms with van der Waals surface area (Å²) in [6, 6.07) is 6.01. The SMILES string of the molecule is Cc1nc2cc(NC(=O)[C@@H]3CC34CCNCC4)ccc2s1. The molecule has 1 amide bonds. The number of hydrogen-bond acceptors (Lipinski definition) is 4. The van der Waals surface area contributed by atoms with Crippen molar-refractivity contribution in [1.82, 2.24) is 10.3 Å². The van der Waals surface area contributed by atoms with E-state index in [1.807, 2.05) is 25.1 Å². The van der Waals surface area contributed by atoms with Gasteiger partial charge in [0.25, 0.3) is 0 Å². The second-order valence-corrected chi connectivity index (χ2v) is 7.51.